The maximum atomic E-state index is 13.0. The summed E-state index contributed by atoms with van der Waals surface area (Å²) in [6.07, 6.45) is 0. The minimum Gasteiger partial charge on any atom is -0.497 e. The predicted octanol–water partition coefficient (Wildman–Crippen LogP) is 4.69. The molecule has 0 aliphatic carbocycles. The third-order valence-corrected chi connectivity index (χ3v) is 5.98. The van der Waals surface area contributed by atoms with Gasteiger partial charge in [0.05, 0.1) is 34.1 Å². The molecular weight excluding hydrogens is 452 g/mol. The number of nitrogens with one attached hydrogen (secondary N) is 3. The molecule has 0 spiro atoms. The summed E-state index contributed by atoms with van der Waals surface area (Å²) in [6, 6.07) is 15.3. The monoisotopic (exact) mass is 470 g/mol. The summed E-state index contributed by atoms with van der Waals surface area (Å²) in [5.74, 6) is -0.262. The fourth-order valence-corrected chi connectivity index (χ4v) is 4.09. The summed E-state index contributed by atoms with van der Waals surface area (Å²) in [7, 11) is 1.51. The van der Waals surface area contributed by atoms with Crippen LogP contribution in [0.1, 0.15) is 20.0 Å². The van der Waals surface area contributed by atoms with Crippen LogP contribution in [0.4, 0.5) is 17.1 Å². The lowest BCUT2D eigenvalue weighted by molar-refractivity contribution is 0.102. The largest absolute Gasteiger partial charge is 0.497 e. The summed E-state index contributed by atoms with van der Waals surface area (Å²) in [6.45, 7) is 1.08. The molecule has 0 radical (unpaired) electrons. The number of benzene rings is 2. The first-order valence-corrected chi connectivity index (χ1v) is 10.8. The maximum Gasteiger partial charge on any atom is 0.289 e. The van der Waals surface area contributed by atoms with E-state index in [1.54, 1.807) is 59.5 Å². The van der Waals surface area contributed by atoms with Crippen molar-refractivity contribution in [3.05, 3.63) is 69.4 Å². The van der Waals surface area contributed by atoms with Gasteiger partial charge in [0.1, 0.15) is 12.4 Å². The van der Waals surface area contributed by atoms with Crippen molar-refractivity contribution >= 4 is 57.8 Å². The van der Waals surface area contributed by atoms with Gasteiger partial charge in [-0.2, -0.15) is 0 Å². The minimum absolute atomic E-state index is 0.104. The Kier molecular flexibility index (Phi) is 6.29. The highest BCUT2D eigenvalue weighted by molar-refractivity contribution is 7.18. The number of carbonyl (C=O) groups excluding carboxylic acids is 2. The van der Waals surface area contributed by atoms with Crippen LogP contribution in [-0.4, -0.2) is 38.1 Å². The molecule has 10 heteroatoms. The van der Waals surface area contributed by atoms with Crippen molar-refractivity contribution in [3.63, 3.8) is 0 Å². The Balaban J connectivity index is 1.52. The van der Waals surface area contributed by atoms with Gasteiger partial charge in [-0.25, -0.2) is 0 Å². The number of hydrogen-bond acceptors (Lipinski definition) is 6. The van der Waals surface area contributed by atoms with Crippen molar-refractivity contribution < 1.29 is 19.1 Å². The van der Waals surface area contributed by atoms with Gasteiger partial charge in [-0.05, 0) is 48.5 Å². The molecule has 0 unspecified atom stereocenters. The van der Waals surface area contributed by atoms with E-state index in [1.165, 1.54) is 7.11 Å². The van der Waals surface area contributed by atoms with Gasteiger partial charge in [-0.15, -0.1) is 11.3 Å². The lowest BCUT2D eigenvalue weighted by atomic mass is 10.1. The molecule has 0 bridgehead atoms. The molecule has 3 aromatic rings. The molecule has 0 atom stereocenters. The molecular formula is C22H19ClN4O4S. The standard InChI is InChI=1S/C22H19ClN4O4S/c1-30-15-6-7-16(17(12-15)26-21(29)18-8-9-19(23)32-18)20(28)25-13-2-4-14(5-3-13)27-10-11-31-22(27)24/h2-9,12,24H,10-11H2,1H3,(H,25,28)(H,26,29). The third kappa shape index (κ3) is 4.68. The summed E-state index contributed by atoms with van der Waals surface area (Å²) >= 11 is 7.07. The van der Waals surface area contributed by atoms with E-state index in [1.807, 2.05) is 0 Å². The van der Waals surface area contributed by atoms with Crippen molar-refractivity contribution in [2.24, 2.45) is 0 Å². The number of halogens is 1. The van der Waals surface area contributed by atoms with Crippen LogP contribution >= 0.6 is 22.9 Å². The predicted molar refractivity (Wildman–Crippen MR) is 126 cm³/mol. The number of rotatable bonds is 6. The van der Waals surface area contributed by atoms with Crippen molar-refractivity contribution in [2.45, 2.75) is 0 Å². The molecule has 1 aromatic heterocycles. The molecule has 2 aromatic carbocycles. The molecule has 1 saturated heterocycles. The molecule has 8 nitrogen and oxygen atoms in total. The Morgan fingerprint density at radius 2 is 1.88 bits per heavy atom. The normalized spacial score (nSPS) is 12.9. The number of amidine groups is 1. The van der Waals surface area contributed by atoms with Crippen LogP contribution in [-0.2, 0) is 4.74 Å². The molecule has 4 rings (SSSR count). The van der Waals surface area contributed by atoms with Gasteiger partial charge in [-0.1, -0.05) is 11.6 Å². The minimum atomic E-state index is -0.392. The van der Waals surface area contributed by atoms with Crippen molar-refractivity contribution in [1.29, 1.82) is 5.41 Å². The number of methoxy groups -OCH3 is 1. The molecule has 1 aliphatic heterocycles. The lowest BCUT2D eigenvalue weighted by Gasteiger charge is -2.16. The Morgan fingerprint density at radius 1 is 1.09 bits per heavy atom. The van der Waals surface area contributed by atoms with Crippen LogP contribution in [0.25, 0.3) is 0 Å². The second-order valence-corrected chi connectivity index (χ2v) is 8.49. The first kappa shape index (κ1) is 21.7. The Hall–Kier alpha value is -3.56. The first-order valence-electron chi connectivity index (χ1n) is 9.59. The van der Waals surface area contributed by atoms with Gasteiger partial charge in [0.15, 0.2) is 0 Å². The molecule has 0 saturated carbocycles. The van der Waals surface area contributed by atoms with Crippen molar-refractivity contribution in [1.82, 2.24) is 0 Å². The molecule has 32 heavy (non-hydrogen) atoms. The quantitative estimate of drug-likeness (QED) is 0.485. The fourth-order valence-electron chi connectivity index (χ4n) is 3.15. The number of carbonyl (C=O) groups is 2. The van der Waals surface area contributed by atoms with Gasteiger partial charge in [0, 0.05) is 17.4 Å². The van der Waals surface area contributed by atoms with Gasteiger partial charge < -0.3 is 20.1 Å². The van der Waals surface area contributed by atoms with Crippen LogP contribution < -0.4 is 20.3 Å². The van der Waals surface area contributed by atoms with Crippen LogP contribution in [0, 0.1) is 5.41 Å². The summed E-state index contributed by atoms with van der Waals surface area (Å²) < 4.78 is 10.9. The average molecular weight is 471 g/mol. The van der Waals surface area contributed by atoms with Gasteiger partial charge in [0.25, 0.3) is 17.8 Å². The van der Waals surface area contributed by atoms with Crippen LogP contribution in [0.5, 0.6) is 5.75 Å². The Morgan fingerprint density at radius 3 is 2.50 bits per heavy atom. The van der Waals surface area contributed by atoms with E-state index in [4.69, 9.17) is 26.5 Å². The summed E-state index contributed by atoms with van der Waals surface area (Å²) in [5, 5.41) is 13.4. The molecule has 3 N–H and O–H groups in total. The highest BCUT2D eigenvalue weighted by Crippen LogP contribution is 2.27. The lowest BCUT2D eigenvalue weighted by Crippen LogP contribution is -2.23. The average Bonchev–Trinajstić information content (AvgIpc) is 3.42. The van der Waals surface area contributed by atoms with Crippen molar-refractivity contribution in [2.75, 3.05) is 35.8 Å². The number of ether oxygens (including phenoxy) is 2. The van der Waals surface area contributed by atoms with Gasteiger partial charge in [0.2, 0.25) is 0 Å². The second-order valence-electron chi connectivity index (χ2n) is 6.78. The van der Waals surface area contributed by atoms with Gasteiger partial charge >= 0.3 is 0 Å². The number of nitrogens with zero attached hydrogens (tertiary/aromatic N) is 1. The SMILES string of the molecule is COc1ccc(C(=O)Nc2ccc(N3CCOC3=N)cc2)c(NC(=O)c2ccc(Cl)s2)c1. The van der Waals surface area contributed by atoms with E-state index >= 15 is 0 Å². The number of anilines is 3. The highest BCUT2D eigenvalue weighted by atomic mass is 35.5. The molecule has 2 amide bonds. The molecule has 2 heterocycles. The fraction of sp³-hybridized carbons (Fsp3) is 0.136. The molecule has 1 aliphatic rings. The van der Waals surface area contributed by atoms with Crippen LogP contribution in [0.15, 0.2) is 54.6 Å². The third-order valence-electron chi connectivity index (χ3n) is 4.75. The molecule has 1 fully saturated rings. The topological polar surface area (TPSA) is 104 Å². The maximum absolute atomic E-state index is 13.0. The van der Waals surface area contributed by atoms with E-state index in [2.05, 4.69) is 10.6 Å². The van der Waals surface area contributed by atoms with Crippen LogP contribution in [0.2, 0.25) is 4.34 Å². The van der Waals surface area contributed by atoms with Crippen LogP contribution in [0.3, 0.4) is 0 Å². The van der Waals surface area contributed by atoms with E-state index in [0.717, 1.165) is 17.0 Å². The second kappa shape index (κ2) is 9.29. The van der Waals surface area contributed by atoms with E-state index in [-0.39, 0.29) is 17.5 Å². The van der Waals surface area contributed by atoms with Crippen molar-refractivity contribution in [3.8, 4) is 5.75 Å². The van der Waals surface area contributed by atoms with E-state index in [0.29, 0.717) is 39.5 Å². The number of amides is 2. The summed E-state index contributed by atoms with van der Waals surface area (Å²) in [4.78, 5) is 27.7. The number of thiophene rings is 1. The van der Waals surface area contributed by atoms with Gasteiger partial charge in [-0.3, -0.25) is 19.9 Å². The van der Waals surface area contributed by atoms with E-state index < -0.39 is 5.91 Å². The smallest absolute Gasteiger partial charge is 0.289 e. The highest BCUT2D eigenvalue weighted by Gasteiger charge is 2.20. The number of hydrogen-bond donors (Lipinski definition) is 3. The molecule has 164 valence electrons. The zero-order chi connectivity index (χ0) is 22.7. The zero-order valence-electron chi connectivity index (χ0n) is 17.0. The zero-order valence-corrected chi connectivity index (χ0v) is 18.5. The first-order chi connectivity index (χ1) is 15.4. The summed E-state index contributed by atoms with van der Waals surface area (Å²) in [5.41, 5.74) is 1.97. The van der Waals surface area contributed by atoms with E-state index in [9.17, 15) is 9.59 Å². The Labute approximate surface area is 193 Å². The Bertz CT molecular complexity index is 1180.